The molecule has 0 fully saturated rings. The van der Waals surface area contributed by atoms with Gasteiger partial charge in [0.15, 0.2) is 0 Å². The molecule has 0 aliphatic carbocycles. The Hall–Kier alpha value is -1.58. The maximum absolute atomic E-state index is 13.5. The molecule has 0 amide bonds. The van der Waals surface area contributed by atoms with Crippen LogP contribution < -0.4 is 0 Å². The van der Waals surface area contributed by atoms with Crippen LogP contribution in [0.15, 0.2) is 18.2 Å². The third-order valence-electron chi connectivity index (χ3n) is 4.17. The highest BCUT2D eigenvalue weighted by atomic mass is 19.1. The molecule has 0 spiro atoms. The van der Waals surface area contributed by atoms with Gasteiger partial charge in [-0.3, -0.25) is 9.59 Å². The summed E-state index contributed by atoms with van der Waals surface area (Å²) in [6.45, 7) is 2.18. The molecule has 2 nitrogen and oxygen atoms in total. The summed E-state index contributed by atoms with van der Waals surface area (Å²) in [6.07, 6.45) is 8.21. The van der Waals surface area contributed by atoms with E-state index in [0.29, 0.717) is 6.42 Å². The molecule has 0 aromatic heterocycles. The van der Waals surface area contributed by atoms with Crippen LogP contribution in [-0.4, -0.2) is 11.6 Å². The molecule has 0 radical (unpaired) electrons. The van der Waals surface area contributed by atoms with Gasteiger partial charge in [-0.1, -0.05) is 51.5 Å². The Morgan fingerprint density at radius 2 is 1.38 bits per heavy atom. The van der Waals surface area contributed by atoms with E-state index < -0.39 is 11.6 Å². The normalized spacial score (nSPS) is 10.8. The zero-order valence-electron chi connectivity index (χ0n) is 14.6. The third kappa shape index (κ3) is 8.32. The maximum Gasteiger partial charge on any atom is 0.140 e. The SMILES string of the molecule is CCCCCCCCCC(=O)CC(=O)CCc1c(F)cccc1F. The molecule has 0 heterocycles. The summed E-state index contributed by atoms with van der Waals surface area (Å²) >= 11 is 0. The number of ketones is 2. The summed E-state index contributed by atoms with van der Waals surface area (Å²) in [6, 6.07) is 3.64. The molecule has 1 aromatic rings. The highest BCUT2D eigenvalue weighted by molar-refractivity contribution is 5.99. The van der Waals surface area contributed by atoms with Crippen LogP contribution in [0.1, 0.15) is 76.7 Å². The van der Waals surface area contributed by atoms with Crippen molar-refractivity contribution in [3.8, 4) is 0 Å². The second kappa shape index (κ2) is 11.9. The molecule has 0 atom stereocenters. The standard InChI is InChI=1S/C20H28F2O2/c1-2-3-4-5-6-7-8-10-16(23)15-17(24)13-14-18-19(21)11-9-12-20(18)22/h9,11-12H,2-8,10,13-15H2,1H3. The zero-order chi connectivity index (χ0) is 17.8. The lowest BCUT2D eigenvalue weighted by molar-refractivity contribution is -0.127. The Bertz CT molecular complexity index is 506. The third-order valence-corrected chi connectivity index (χ3v) is 4.17. The van der Waals surface area contributed by atoms with Crippen molar-refractivity contribution >= 4 is 11.6 Å². The number of carbonyl (C=O) groups excluding carboxylic acids is 2. The second-order valence-corrected chi connectivity index (χ2v) is 6.33. The largest absolute Gasteiger partial charge is 0.299 e. The van der Waals surface area contributed by atoms with Gasteiger partial charge < -0.3 is 0 Å². The number of halogens is 2. The van der Waals surface area contributed by atoms with Crippen LogP contribution in [0.4, 0.5) is 8.78 Å². The van der Waals surface area contributed by atoms with Crippen molar-refractivity contribution < 1.29 is 18.4 Å². The highest BCUT2D eigenvalue weighted by Gasteiger charge is 2.13. The lowest BCUT2D eigenvalue weighted by Crippen LogP contribution is -2.09. The minimum absolute atomic E-state index is 0.000606. The van der Waals surface area contributed by atoms with E-state index in [4.69, 9.17) is 0 Å². The van der Waals surface area contributed by atoms with E-state index in [1.165, 1.54) is 43.9 Å². The van der Waals surface area contributed by atoms with Crippen LogP contribution in [0.2, 0.25) is 0 Å². The number of rotatable bonds is 13. The molecule has 0 saturated carbocycles. The van der Waals surface area contributed by atoms with Crippen LogP contribution in [-0.2, 0) is 16.0 Å². The van der Waals surface area contributed by atoms with Gasteiger partial charge in [-0.2, -0.15) is 0 Å². The first-order chi connectivity index (χ1) is 11.5. The van der Waals surface area contributed by atoms with E-state index in [1.807, 2.05) is 0 Å². The minimum atomic E-state index is -0.641. The summed E-state index contributed by atoms with van der Waals surface area (Å²) < 4.78 is 26.9. The van der Waals surface area contributed by atoms with Crippen LogP contribution >= 0.6 is 0 Å². The van der Waals surface area contributed by atoms with Gasteiger partial charge in [0.05, 0.1) is 6.42 Å². The summed E-state index contributed by atoms with van der Waals surface area (Å²) in [5.74, 6) is -1.59. The van der Waals surface area contributed by atoms with Crippen LogP contribution in [0.25, 0.3) is 0 Å². The number of unbranched alkanes of at least 4 members (excludes halogenated alkanes) is 6. The topological polar surface area (TPSA) is 34.1 Å². The summed E-state index contributed by atoms with van der Waals surface area (Å²) in [7, 11) is 0. The molecule has 0 saturated heterocycles. The molecule has 0 bridgehead atoms. The van der Waals surface area contributed by atoms with Gasteiger partial charge in [-0.25, -0.2) is 8.78 Å². The lowest BCUT2D eigenvalue weighted by atomic mass is 10.0. The average Bonchev–Trinajstić information content (AvgIpc) is 2.53. The predicted molar refractivity (Wildman–Crippen MR) is 91.9 cm³/mol. The van der Waals surface area contributed by atoms with Crippen LogP contribution in [0.5, 0.6) is 0 Å². The quantitative estimate of drug-likeness (QED) is 0.348. The average molecular weight is 338 g/mol. The summed E-state index contributed by atoms with van der Waals surface area (Å²) in [5.41, 5.74) is -0.0784. The minimum Gasteiger partial charge on any atom is -0.299 e. The van der Waals surface area contributed by atoms with Gasteiger partial charge in [-0.05, 0) is 25.0 Å². The Morgan fingerprint density at radius 3 is 2.00 bits per heavy atom. The Labute approximate surface area is 143 Å². The van der Waals surface area contributed by atoms with Gasteiger partial charge >= 0.3 is 0 Å². The van der Waals surface area contributed by atoms with E-state index in [-0.39, 0.29) is 36.4 Å². The van der Waals surface area contributed by atoms with Gasteiger partial charge in [0, 0.05) is 18.4 Å². The molecule has 1 aromatic carbocycles. The Balaban J connectivity index is 2.17. The second-order valence-electron chi connectivity index (χ2n) is 6.33. The molecule has 0 aliphatic heterocycles. The van der Waals surface area contributed by atoms with Crippen molar-refractivity contribution in [2.24, 2.45) is 0 Å². The molecule has 1 rings (SSSR count). The molecular formula is C20H28F2O2. The van der Waals surface area contributed by atoms with E-state index in [2.05, 4.69) is 6.92 Å². The van der Waals surface area contributed by atoms with Gasteiger partial charge in [0.25, 0.3) is 0 Å². The zero-order valence-corrected chi connectivity index (χ0v) is 14.6. The first-order valence-electron chi connectivity index (χ1n) is 9.01. The Morgan fingerprint density at radius 1 is 0.833 bits per heavy atom. The first-order valence-corrected chi connectivity index (χ1v) is 9.01. The van der Waals surface area contributed by atoms with Crippen molar-refractivity contribution in [1.82, 2.24) is 0 Å². The number of carbonyl (C=O) groups is 2. The van der Waals surface area contributed by atoms with Crippen molar-refractivity contribution in [2.45, 2.75) is 77.6 Å². The van der Waals surface area contributed by atoms with Crippen LogP contribution in [0.3, 0.4) is 0 Å². The number of Topliss-reactive ketones (excluding diaryl/α,β-unsaturated/α-hetero) is 2. The summed E-state index contributed by atoms with van der Waals surface area (Å²) in [5, 5.41) is 0. The predicted octanol–water partition coefficient (Wildman–Crippen LogP) is 5.57. The molecule has 0 N–H and O–H groups in total. The smallest absolute Gasteiger partial charge is 0.140 e. The van der Waals surface area contributed by atoms with E-state index in [1.54, 1.807) is 0 Å². The number of benzene rings is 1. The molecule has 0 aliphatic rings. The molecule has 24 heavy (non-hydrogen) atoms. The monoisotopic (exact) mass is 338 g/mol. The van der Waals surface area contributed by atoms with Crippen molar-refractivity contribution in [3.63, 3.8) is 0 Å². The fraction of sp³-hybridized carbons (Fsp3) is 0.600. The van der Waals surface area contributed by atoms with E-state index in [0.717, 1.165) is 19.3 Å². The molecule has 0 unspecified atom stereocenters. The lowest BCUT2D eigenvalue weighted by Gasteiger charge is -2.05. The summed E-state index contributed by atoms with van der Waals surface area (Å²) in [4.78, 5) is 23.6. The molecular weight excluding hydrogens is 310 g/mol. The van der Waals surface area contributed by atoms with Crippen molar-refractivity contribution in [2.75, 3.05) is 0 Å². The fourth-order valence-corrected chi connectivity index (χ4v) is 2.71. The van der Waals surface area contributed by atoms with Crippen molar-refractivity contribution in [3.05, 3.63) is 35.4 Å². The molecule has 4 heteroatoms. The van der Waals surface area contributed by atoms with Gasteiger partial charge in [0.1, 0.15) is 23.2 Å². The van der Waals surface area contributed by atoms with E-state index in [9.17, 15) is 18.4 Å². The highest BCUT2D eigenvalue weighted by Crippen LogP contribution is 2.15. The Kier molecular flexibility index (Phi) is 10.1. The molecule has 134 valence electrons. The maximum atomic E-state index is 13.5. The van der Waals surface area contributed by atoms with Crippen LogP contribution in [0, 0.1) is 11.6 Å². The van der Waals surface area contributed by atoms with Gasteiger partial charge in [0.2, 0.25) is 0 Å². The van der Waals surface area contributed by atoms with Crippen molar-refractivity contribution in [1.29, 1.82) is 0 Å². The fourth-order valence-electron chi connectivity index (χ4n) is 2.71. The van der Waals surface area contributed by atoms with Gasteiger partial charge in [-0.15, -0.1) is 0 Å². The number of hydrogen-bond donors (Lipinski definition) is 0. The number of hydrogen-bond acceptors (Lipinski definition) is 2. The first kappa shape index (κ1) is 20.5. The van der Waals surface area contributed by atoms with E-state index >= 15 is 0 Å².